The zero-order chi connectivity index (χ0) is 21.3. The molecule has 6 heteroatoms. The molecule has 0 unspecified atom stereocenters. The summed E-state index contributed by atoms with van der Waals surface area (Å²) in [6.07, 6.45) is 2.87. The molecule has 0 heterocycles. The Morgan fingerprint density at radius 1 is 1.00 bits per heavy atom. The van der Waals surface area contributed by atoms with Crippen molar-refractivity contribution >= 4 is 35.3 Å². The van der Waals surface area contributed by atoms with Crippen molar-refractivity contribution in [3.05, 3.63) is 99.0 Å². The van der Waals surface area contributed by atoms with E-state index < -0.39 is 0 Å². The van der Waals surface area contributed by atoms with E-state index in [1.165, 1.54) is 5.56 Å². The molecule has 3 aromatic carbocycles. The van der Waals surface area contributed by atoms with Gasteiger partial charge in [-0.25, -0.2) is 5.43 Å². The Bertz CT molecular complexity index is 1020. The van der Waals surface area contributed by atoms with Gasteiger partial charge >= 0.3 is 0 Å². The number of benzene rings is 3. The van der Waals surface area contributed by atoms with Gasteiger partial charge in [0.25, 0.3) is 0 Å². The van der Waals surface area contributed by atoms with E-state index in [9.17, 15) is 4.79 Å². The molecule has 30 heavy (non-hydrogen) atoms. The number of hydrogen-bond acceptors (Lipinski definition) is 3. The summed E-state index contributed by atoms with van der Waals surface area (Å²) in [6, 6.07) is 20.7. The molecule has 1 N–H and O–H groups in total. The van der Waals surface area contributed by atoms with Gasteiger partial charge in [-0.05, 0) is 59.5 Å². The van der Waals surface area contributed by atoms with E-state index in [1.54, 1.807) is 18.3 Å². The van der Waals surface area contributed by atoms with E-state index in [2.05, 4.69) is 17.5 Å². The molecule has 0 aliphatic heterocycles. The summed E-state index contributed by atoms with van der Waals surface area (Å²) in [5.41, 5.74) is 6.47. The second kappa shape index (κ2) is 10.8. The van der Waals surface area contributed by atoms with Crippen LogP contribution in [0.15, 0.2) is 71.8 Å². The Hall–Kier alpha value is -2.82. The fourth-order valence-electron chi connectivity index (χ4n) is 2.75. The molecule has 0 saturated carbocycles. The summed E-state index contributed by atoms with van der Waals surface area (Å²) < 4.78 is 5.75. The van der Waals surface area contributed by atoms with Crippen molar-refractivity contribution in [1.29, 1.82) is 0 Å². The number of amides is 1. The number of hydrazone groups is 1. The number of nitrogens with zero attached hydrogens (tertiary/aromatic N) is 1. The number of rotatable bonds is 8. The highest BCUT2D eigenvalue weighted by molar-refractivity contribution is 6.35. The van der Waals surface area contributed by atoms with Gasteiger partial charge in [-0.2, -0.15) is 5.10 Å². The quantitative estimate of drug-likeness (QED) is 0.353. The van der Waals surface area contributed by atoms with Crippen LogP contribution in [-0.2, 0) is 24.2 Å². The third kappa shape index (κ3) is 6.61. The van der Waals surface area contributed by atoms with E-state index in [4.69, 9.17) is 27.9 Å². The number of carbonyl (C=O) groups excluding carboxylic acids is 1. The zero-order valence-corrected chi connectivity index (χ0v) is 18.1. The summed E-state index contributed by atoms with van der Waals surface area (Å²) >= 11 is 12.1. The third-order valence-corrected chi connectivity index (χ3v) is 5.08. The molecule has 154 valence electrons. The summed E-state index contributed by atoms with van der Waals surface area (Å²) in [5.74, 6) is 0.549. The van der Waals surface area contributed by atoms with Crippen LogP contribution in [0, 0.1) is 0 Å². The number of nitrogens with one attached hydrogen (secondary N) is 1. The molecule has 0 bridgehead atoms. The van der Waals surface area contributed by atoms with E-state index >= 15 is 0 Å². The van der Waals surface area contributed by atoms with Crippen LogP contribution in [0.4, 0.5) is 0 Å². The van der Waals surface area contributed by atoms with Gasteiger partial charge < -0.3 is 4.74 Å². The fraction of sp³-hybridized carbons (Fsp3) is 0.167. The molecule has 0 aliphatic carbocycles. The number of aryl methyl sites for hydroxylation is 1. The van der Waals surface area contributed by atoms with Gasteiger partial charge in [0.2, 0.25) is 5.91 Å². The van der Waals surface area contributed by atoms with Crippen LogP contribution in [0.2, 0.25) is 10.0 Å². The van der Waals surface area contributed by atoms with Crippen molar-refractivity contribution in [2.45, 2.75) is 26.4 Å². The molecule has 4 nitrogen and oxygen atoms in total. The van der Waals surface area contributed by atoms with Crippen LogP contribution in [0.5, 0.6) is 5.75 Å². The standard InChI is InChI=1S/C24H22Cl2N2O2/c1-2-17-3-5-18(6-4-17)13-24(29)28-27-15-19-7-11-22(12-8-19)30-16-20-9-10-21(25)14-23(20)26/h3-12,14-15H,2,13,16H2,1H3,(H,28,29)/b27-15+. The predicted molar refractivity (Wildman–Crippen MR) is 122 cm³/mol. The Balaban J connectivity index is 1.47. The third-order valence-electron chi connectivity index (χ3n) is 4.49. The highest BCUT2D eigenvalue weighted by Crippen LogP contribution is 2.22. The second-order valence-electron chi connectivity index (χ2n) is 6.73. The van der Waals surface area contributed by atoms with Crippen LogP contribution in [0.3, 0.4) is 0 Å². The highest BCUT2D eigenvalue weighted by Gasteiger charge is 2.04. The van der Waals surface area contributed by atoms with Gasteiger partial charge in [-0.3, -0.25) is 4.79 Å². The number of halogens is 2. The average Bonchev–Trinajstić information content (AvgIpc) is 2.74. The minimum atomic E-state index is -0.157. The lowest BCUT2D eigenvalue weighted by atomic mass is 10.1. The number of ether oxygens (including phenoxy) is 1. The fourth-order valence-corrected chi connectivity index (χ4v) is 3.21. The maximum Gasteiger partial charge on any atom is 0.244 e. The van der Waals surface area contributed by atoms with Gasteiger partial charge in [0, 0.05) is 15.6 Å². The molecule has 0 spiro atoms. The molecule has 0 aliphatic rings. The minimum Gasteiger partial charge on any atom is -0.489 e. The lowest BCUT2D eigenvalue weighted by molar-refractivity contribution is -0.120. The number of carbonyl (C=O) groups is 1. The van der Waals surface area contributed by atoms with Crippen LogP contribution < -0.4 is 10.2 Å². The van der Waals surface area contributed by atoms with Crippen molar-refractivity contribution in [2.75, 3.05) is 0 Å². The zero-order valence-electron chi connectivity index (χ0n) is 16.6. The SMILES string of the molecule is CCc1ccc(CC(=O)N/N=C/c2ccc(OCc3ccc(Cl)cc3Cl)cc2)cc1. The molecular formula is C24H22Cl2N2O2. The summed E-state index contributed by atoms with van der Waals surface area (Å²) in [4.78, 5) is 12.0. The lowest BCUT2D eigenvalue weighted by Gasteiger charge is -2.08. The van der Waals surface area contributed by atoms with Crippen LogP contribution in [-0.4, -0.2) is 12.1 Å². The van der Waals surface area contributed by atoms with Crippen molar-refractivity contribution in [2.24, 2.45) is 5.10 Å². The minimum absolute atomic E-state index is 0.157. The highest BCUT2D eigenvalue weighted by atomic mass is 35.5. The largest absolute Gasteiger partial charge is 0.489 e. The van der Waals surface area contributed by atoms with Crippen molar-refractivity contribution in [1.82, 2.24) is 5.43 Å². The molecule has 3 aromatic rings. The summed E-state index contributed by atoms with van der Waals surface area (Å²) in [6.45, 7) is 2.45. The Morgan fingerprint density at radius 2 is 1.70 bits per heavy atom. The Labute approximate surface area is 186 Å². The molecule has 1 amide bonds. The van der Waals surface area contributed by atoms with Crippen LogP contribution in [0.25, 0.3) is 0 Å². The van der Waals surface area contributed by atoms with E-state index in [0.29, 0.717) is 28.8 Å². The van der Waals surface area contributed by atoms with Crippen molar-refractivity contribution < 1.29 is 9.53 Å². The normalized spacial score (nSPS) is 10.9. The molecule has 0 aromatic heterocycles. The van der Waals surface area contributed by atoms with Gasteiger partial charge in [0.1, 0.15) is 12.4 Å². The van der Waals surface area contributed by atoms with E-state index in [-0.39, 0.29) is 5.91 Å². The van der Waals surface area contributed by atoms with Crippen molar-refractivity contribution in [3.63, 3.8) is 0 Å². The maximum atomic E-state index is 12.0. The first-order chi connectivity index (χ1) is 14.5. The molecule has 0 radical (unpaired) electrons. The lowest BCUT2D eigenvalue weighted by Crippen LogP contribution is -2.19. The van der Waals surface area contributed by atoms with Crippen LogP contribution >= 0.6 is 23.2 Å². The van der Waals surface area contributed by atoms with Gasteiger partial charge in [-0.15, -0.1) is 0 Å². The first kappa shape index (κ1) is 21.9. The monoisotopic (exact) mass is 440 g/mol. The molecule has 0 saturated heterocycles. The Morgan fingerprint density at radius 3 is 2.37 bits per heavy atom. The average molecular weight is 441 g/mol. The first-order valence-corrected chi connectivity index (χ1v) is 10.4. The smallest absolute Gasteiger partial charge is 0.244 e. The van der Waals surface area contributed by atoms with E-state index in [0.717, 1.165) is 23.1 Å². The molecule has 3 rings (SSSR count). The van der Waals surface area contributed by atoms with Gasteiger partial charge in [0.15, 0.2) is 0 Å². The first-order valence-electron chi connectivity index (χ1n) is 9.60. The molecule has 0 atom stereocenters. The maximum absolute atomic E-state index is 12.0. The van der Waals surface area contributed by atoms with Crippen LogP contribution in [0.1, 0.15) is 29.2 Å². The Kier molecular flexibility index (Phi) is 7.89. The van der Waals surface area contributed by atoms with Gasteiger partial charge in [0.05, 0.1) is 12.6 Å². The molecular weight excluding hydrogens is 419 g/mol. The van der Waals surface area contributed by atoms with Crippen molar-refractivity contribution in [3.8, 4) is 5.75 Å². The van der Waals surface area contributed by atoms with E-state index in [1.807, 2.05) is 54.6 Å². The topological polar surface area (TPSA) is 50.7 Å². The number of hydrogen-bond donors (Lipinski definition) is 1. The van der Waals surface area contributed by atoms with Gasteiger partial charge in [-0.1, -0.05) is 60.5 Å². The summed E-state index contributed by atoms with van der Waals surface area (Å²) in [7, 11) is 0. The molecule has 0 fully saturated rings. The predicted octanol–water partition coefficient (Wildman–Crippen LogP) is 5.83. The second-order valence-corrected chi connectivity index (χ2v) is 7.58. The summed E-state index contributed by atoms with van der Waals surface area (Å²) in [5, 5.41) is 5.18.